The highest BCUT2D eigenvalue weighted by Gasteiger charge is 2.57. The standard InChI is InChI=1S/C18H24O2S/c1-13-16(19)9-11-17(2)10-8-15(12-18(13,17)20)21-14-6-4-3-5-7-14/h3-7,13,15,20H,8-12H2,1-2H3/t13-,15+,17+,18+/m0/s1. The van der Waals surface area contributed by atoms with Crippen molar-refractivity contribution in [3.63, 3.8) is 0 Å². The molecule has 2 aliphatic carbocycles. The summed E-state index contributed by atoms with van der Waals surface area (Å²) in [5.41, 5.74) is -0.916. The molecule has 2 saturated carbocycles. The van der Waals surface area contributed by atoms with Gasteiger partial charge in [-0.25, -0.2) is 0 Å². The molecule has 2 fully saturated rings. The van der Waals surface area contributed by atoms with E-state index in [-0.39, 0.29) is 17.1 Å². The maximum absolute atomic E-state index is 12.1. The number of thioether (sulfide) groups is 1. The van der Waals surface area contributed by atoms with E-state index in [0.717, 1.165) is 25.7 Å². The van der Waals surface area contributed by atoms with Gasteiger partial charge >= 0.3 is 0 Å². The molecule has 0 amide bonds. The van der Waals surface area contributed by atoms with Crippen LogP contribution in [0.4, 0.5) is 0 Å². The average molecular weight is 304 g/mol. The largest absolute Gasteiger partial charge is 0.389 e. The van der Waals surface area contributed by atoms with E-state index >= 15 is 0 Å². The van der Waals surface area contributed by atoms with Crippen LogP contribution >= 0.6 is 11.8 Å². The maximum Gasteiger partial charge on any atom is 0.138 e. The zero-order valence-corrected chi connectivity index (χ0v) is 13.7. The summed E-state index contributed by atoms with van der Waals surface area (Å²) in [4.78, 5) is 13.3. The van der Waals surface area contributed by atoms with E-state index in [1.165, 1.54) is 4.90 Å². The van der Waals surface area contributed by atoms with Crippen LogP contribution in [0, 0.1) is 11.3 Å². The van der Waals surface area contributed by atoms with Crippen LogP contribution in [-0.4, -0.2) is 21.7 Å². The van der Waals surface area contributed by atoms with Gasteiger partial charge in [-0.15, -0.1) is 11.8 Å². The molecule has 0 unspecified atom stereocenters. The van der Waals surface area contributed by atoms with Crippen LogP contribution in [0.1, 0.15) is 46.0 Å². The predicted octanol–water partition coefficient (Wildman–Crippen LogP) is 4.07. The number of rotatable bonds is 2. The van der Waals surface area contributed by atoms with Gasteiger partial charge in [-0.05, 0) is 43.2 Å². The number of benzene rings is 1. The summed E-state index contributed by atoms with van der Waals surface area (Å²) < 4.78 is 0. The molecule has 1 aromatic rings. The van der Waals surface area contributed by atoms with Crippen molar-refractivity contribution in [2.24, 2.45) is 11.3 Å². The number of carbonyl (C=O) groups excluding carboxylic acids is 1. The first-order chi connectivity index (χ1) is 9.95. The van der Waals surface area contributed by atoms with Crippen molar-refractivity contribution in [2.75, 3.05) is 0 Å². The minimum Gasteiger partial charge on any atom is -0.389 e. The maximum atomic E-state index is 12.1. The third-order valence-electron chi connectivity index (χ3n) is 5.77. The monoisotopic (exact) mass is 304 g/mol. The summed E-state index contributed by atoms with van der Waals surface area (Å²) in [5, 5.41) is 11.7. The van der Waals surface area contributed by atoms with E-state index < -0.39 is 5.60 Å². The smallest absolute Gasteiger partial charge is 0.138 e. The Bertz CT molecular complexity index is 529. The topological polar surface area (TPSA) is 37.3 Å². The summed E-state index contributed by atoms with van der Waals surface area (Å²) in [5.74, 6) is 0.00996. The zero-order valence-electron chi connectivity index (χ0n) is 12.8. The highest BCUT2D eigenvalue weighted by Crippen LogP contribution is 2.56. The zero-order chi connectivity index (χ0) is 15.1. The lowest BCUT2D eigenvalue weighted by Gasteiger charge is -2.56. The van der Waals surface area contributed by atoms with Crippen molar-refractivity contribution in [1.29, 1.82) is 0 Å². The van der Waals surface area contributed by atoms with Gasteiger partial charge in [0.1, 0.15) is 5.78 Å². The molecule has 21 heavy (non-hydrogen) atoms. The molecule has 4 atom stereocenters. The van der Waals surface area contributed by atoms with E-state index in [9.17, 15) is 9.90 Å². The fraction of sp³-hybridized carbons (Fsp3) is 0.611. The minimum atomic E-state index is -0.826. The van der Waals surface area contributed by atoms with Gasteiger partial charge in [-0.3, -0.25) is 4.79 Å². The van der Waals surface area contributed by atoms with E-state index in [1.54, 1.807) is 0 Å². The Hall–Kier alpha value is -0.800. The number of Topliss-reactive ketones (excluding diaryl/α,β-unsaturated/α-hetero) is 1. The van der Waals surface area contributed by atoms with Crippen LogP contribution in [0.2, 0.25) is 0 Å². The predicted molar refractivity (Wildman–Crippen MR) is 86.4 cm³/mol. The molecule has 1 aromatic carbocycles. The van der Waals surface area contributed by atoms with Crippen molar-refractivity contribution in [2.45, 2.75) is 61.7 Å². The van der Waals surface area contributed by atoms with Crippen molar-refractivity contribution in [3.05, 3.63) is 30.3 Å². The first-order valence-corrected chi connectivity index (χ1v) is 8.79. The van der Waals surface area contributed by atoms with E-state index in [1.807, 2.05) is 24.8 Å². The van der Waals surface area contributed by atoms with Gasteiger partial charge in [0.2, 0.25) is 0 Å². The van der Waals surface area contributed by atoms with E-state index in [4.69, 9.17) is 0 Å². The molecular weight excluding hydrogens is 280 g/mol. The Morgan fingerprint density at radius 2 is 1.95 bits per heavy atom. The number of aliphatic hydroxyl groups is 1. The molecule has 114 valence electrons. The molecule has 0 radical (unpaired) electrons. The molecule has 2 aliphatic rings. The lowest BCUT2D eigenvalue weighted by atomic mass is 9.53. The van der Waals surface area contributed by atoms with Crippen LogP contribution in [0.15, 0.2) is 35.2 Å². The Morgan fingerprint density at radius 1 is 1.24 bits per heavy atom. The second kappa shape index (κ2) is 5.44. The highest BCUT2D eigenvalue weighted by molar-refractivity contribution is 8.00. The molecule has 1 N–H and O–H groups in total. The summed E-state index contributed by atoms with van der Waals surface area (Å²) in [6.07, 6.45) is 4.35. The van der Waals surface area contributed by atoms with Gasteiger partial charge in [-0.2, -0.15) is 0 Å². The molecule has 3 heteroatoms. The fourth-order valence-electron chi connectivity index (χ4n) is 4.11. The second-order valence-corrected chi connectivity index (χ2v) is 8.34. The Morgan fingerprint density at radius 3 is 2.67 bits per heavy atom. The van der Waals surface area contributed by atoms with Crippen LogP contribution < -0.4 is 0 Å². The third-order valence-corrected chi connectivity index (χ3v) is 7.05. The van der Waals surface area contributed by atoms with Crippen LogP contribution in [0.25, 0.3) is 0 Å². The van der Waals surface area contributed by atoms with Crippen molar-refractivity contribution in [3.8, 4) is 0 Å². The summed E-state index contributed by atoms with van der Waals surface area (Å²) >= 11 is 1.85. The van der Waals surface area contributed by atoms with Gasteiger partial charge in [0.15, 0.2) is 0 Å². The van der Waals surface area contributed by atoms with Crippen LogP contribution in [0.5, 0.6) is 0 Å². The van der Waals surface area contributed by atoms with Crippen molar-refractivity contribution < 1.29 is 9.90 Å². The van der Waals surface area contributed by atoms with Crippen LogP contribution in [-0.2, 0) is 4.79 Å². The quantitative estimate of drug-likeness (QED) is 0.895. The molecule has 0 spiro atoms. The van der Waals surface area contributed by atoms with Gasteiger partial charge in [0.25, 0.3) is 0 Å². The molecule has 3 rings (SSSR count). The number of hydrogen-bond donors (Lipinski definition) is 1. The van der Waals surface area contributed by atoms with Crippen molar-refractivity contribution in [1.82, 2.24) is 0 Å². The Kier molecular flexibility index (Phi) is 3.91. The molecule has 0 aliphatic heterocycles. The van der Waals surface area contributed by atoms with Gasteiger partial charge < -0.3 is 5.11 Å². The van der Waals surface area contributed by atoms with E-state index in [0.29, 0.717) is 11.7 Å². The molecule has 0 saturated heterocycles. The number of carbonyl (C=O) groups is 1. The molecule has 0 aromatic heterocycles. The lowest BCUT2D eigenvalue weighted by molar-refractivity contribution is -0.174. The molecule has 2 nitrogen and oxygen atoms in total. The van der Waals surface area contributed by atoms with Crippen LogP contribution in [0.3, 0.4) is 0 Å². The first-order valence-electron chi connectivity index (χ1n) is 7.91. The van der Waals surface area contributed by atoms with Crippen molar-refractivity contribution >= 4 is 17.5 Å². The summed E-state index contributed by atoms with van der Waals surface area (Å²) in [6, 6.07) is 10.4. The first kappa shape index (κ1) is 15.1. The third kappa shape index (κ3) is 2.55. The number of hydrogen-bond acceptors (Lipinski definition) is 3. The summed E-state index contributed by atoms with van der Waals surface area (Å²) in [7, 11) is 0. The molecule has 0 heterocycles. The Labute approximate surface area is 131 Å². The normalized spacial score (nSPS) is 39.9. The van der Waals surface area contributed by atoms with Gasteiger partial charge in [-0.1, -0.05) is 32.0 Å². The molecule has 0 bridgehead atoms. The number of fused-ring (bicyclic) bond motifs is 1. The number of ketones is 1. The molecular formula is C18H24O2S. The van der Waals surface area contributed by atoms with E-state index in [2.05, 4.69) is 31.2 Å². The van der Waals surface area contributed by atoms with Gasteiger partial charge in [0.05, 0.1) is 5.60 Å². The Balaban J connectivity index is 1.79. The SMILES string of the molecule is C[C@H]1C(=O)CC[C@@]2(C)CC[C@@H](Sc3ccccc3)C[C@@]12O. The highest BCUT2D eigenvalue weighted by atomic mass is 32.2. The summed E-state index contributed by atoms with van der Waals surface area (Å²) in [6.45, 7) is 4.11. The fourth-order valence-corrected chi connectivity index (χ4v) is 5.38. The van der Waals surface area contributed by atoms with Gasteiger partial charge in [0, 0.05) is 22.5 Å². The second-order valence-electron chi connectivity index (χ2n) is 6.97. The minimum absolute atomic E-state index is 0.0892. The average Bonchev–Trinajstić information content (AvgIpc) is 2.48. The lowest BCUT2D eigenvalue weighted by Crippen LogP contribution is -2.60.